The molecule has 2 aromatic rings. The number of rotatable bonds is 8. The minimum atomic E-state index is -0.812. The third kappa shape index (κ3) is 5.13. The number of benzene rings is 2. The van der Waals surface area contributed by atoms with Crippen LogP contribution in [-0.4, -0.2) is 29.9 Å². The van der Waals surface area contributed by atoms with E-state index in [4.69, 9.17) is 9.47 Å². The number of Topliss-reactive ketones (excluding diaryl/α,β-unsaturated/α-hetero) is 1. The van der Waals surface area contributed by atoms with Crippen LogP contribution in [0.2, 0.25) is 0 Å². The van der Waals surface area contributed by atoms with Gasteiger partial charge in [-0.3, -0.25) is 14.9 Å². The van der Waals surface area contributed by atoms with E-state index in [1.165, 1.54) is 12.1 Å². The van der Waals surface area contributed by atoms with E-state index in [2.05, 4.69) is 13.8 Å². The number of ether oxygens (including phenoxy) is 2. The molecule has 0 atom stereocenters. The van der Waals surface area contributed by atoms with Crippen LogP contribution in [0.15, 0.2) is 42.5 Å². The fourth-order valence-corrected chi connectivity index (χ4v) is 2.42. The molecule has 0 bridgehead atoms. The lowest BCUT2D eigenvalue weighted by molar-refractivity contribution is -0.385. The number of esters is 1. The summed E-state index contributed by atoms with van der Waals surface area (Å²) >= 11 is 0. The third-order valence-corrected chi connectivity index (χ3v) is 3.92. The Balaban J connectivity index is 2.05. The number of nitro benzene ring substituents is 1. The molecule has 7 nitrogen and oxygen atoms in total. The molecule has 0 saturated carbocycles. The molecule has 2 rings (SSSR count). The Labute approximate surface area is 157 Å². The average molecular weight is 371 g/mol. The van der Waals surface area contributed by atoms with Gasteiger partial charge in [0, 0.05) is 11.6 Å². The Morgan fingerprint density at radius 1 is 1.07 bits per heavy atom. The minimum Gasteiger partial charge on any atom is -0.487 e. The smallest absolute Gasteiger partial charge is 0.338 e. The molecule has 0 fully saturated rings. The van der Waals surface area contributed by atoms with E-state index >= 15 is 0 Å². The summed E-state index contributed by atoms with van der Waals surface area (Å²) < 4.78 is 10.2. The van der Waals surface area contributed by atoms with Crippen molar-refractivity contribution in [2.75, 3.05) is 13.2 Å². The van der Waals surface area contributed by atoms with Gasteiger partial charge in [-0.1, -0.05) is 38.1 Å². The molecule has 0 spiro atoms. The molecule has 0 N–H and O–H groups in total. The Hall–Kier alpha value is -3.22. The van der Waals surface area contributed by atoms with Crippen LogP contribution in [0.4, 0.5) is 5.69 Å². The number of nitro groups is 1. The van der Waals surface area contributed by atoms with Crippen molar-refractivity contribution >= 4 is 17.4 Å². The van der Waals surface area contributed by atoms with Crippen molar-refractivity contribution < 1.29 is 24.0 Å². The van der Waals surface area contributed by atoms with Crippen LogP contribution < -0.4 is 4.74 Å². The maximum atomic E-state index is 12.2. The second-order valence-electron chi connectivity index (χ2n) is 6.15. The molecule has 0 radical (unpaired) electrons. The number of nitrogens with zero attached hydrogens (tertiary/aromatic N) is 1. The lowest BCUT2D eigenvalue weighted by Gasteiger charge is -2.08. The van der Waals surface area contributed by atoms with E-state index in [-0.39, 0.29) is 29.4 Å². The number of carbonyl (C=O) groups is 2. The molecule has 0 unspecified atom stereocenters. The van der Waals surface area contributed by atoms with Crippen LogP contribution in [0.3, 0.4) is 0 Å². The summed E-state index contributed by atoms with van der Waals surface area (Å²) in [6.07, 6.45) is 0. The molecular weight excluding hydrogens is 350 g/mol. The first kappa shape index (κ1) is 20.1. The highest BCUT2D eigenvalue weighted by molar-refractivity contribution is 5.99. The Kier molecular flexibility index (Phi) is 6.65. The Morgan fingerprint density at radius 2 is 1.70 bits per heavy atom. The van der Waals surface area contributed by atoms with Crippen molar-refractivity contribution in [2.24, 2.45) is 0 Å². The van der Waals surface area contributed by atoms with Gasteiger partial charge in [-0.15, -0.1) is 0 Å². The van der Waals surface area contributed by atoms with Gasteiger partial charge in [-0.2, -0.15) is 0 Å². The molecule has 0 amide bonds. The second-order valence-corrected chi connectivity index (χ2v) is 6.15. The van der Waals surface area contributed by atoms with Gasteiger partial charge in [0.15, 0.2) is 18.1 Å². The van der Waals surface area contributed by atoms with Crippen LogP contribution >= 0.6 is 0 Å². The molecule has 0 saturated heterocycles. The largest absolute Gasteiger partial charge is 0.487 e. The first-order valence-corrected chi connectivity index (χ1v) is 8.55. The van der Waals surface area contributed by atoms with Crippen molar-refractivity contribution in [1.29, 1.82) is 0 Å². The third-order valence-electron chi connectivity index (χ3n) is 3.92. The lowest BCUT2D eigenvalue weighted by atomic mass is 10.0. The second kappa shape index (κ2) is 8.93. The molecular formula is C20H21NO6. The van der Waals surface area contributed by atoms with Gasteiger partial charge in [0.2, 0.25) is 0 Å². The van der Waals surface area contributed by atoms with Crippen molar-refractivity contribution in [3.05, 3.63) is 69.3 Å². The van der Waals surface area contributed by atoms with E-state index in [0.29, 0.717) is 11.5 Å². The molecule has 7 heteroatoms. The average Bonchev–Trinajstić information content (AvgIpc) is 2.66. The fourth-order valence-electron chi connectivity index (χ4n) is 2.42. The predicted molar refractivity (Wildman–Crippen MR) is 99.4 cm³/mol. The summed E-state index contributed by atoms with van der Waals surface area (Å²) in [5, 5.41) is 11.1. The minimum absolute atomic E-state index is 0.0203. The zero-order chi connectivity index (χ0) is 20.0. The zero-order valence-electron chi connectivity index (χ0n) is 15.4. The van der Waals surface area contributed by atoms with Gasteiger partial charge in [-0.25, -0.2) is 4.79 Å². The molecule has 2 aromatic carbocycles. The molecule has 0 heterocycles. The highest BCUT2D eigenvalue weighted by Crippen LogP contribution is 2.28. The van der Waals surface area contributed by atoms with Crippen molar-refractivity contribution in [2.45, 2.75) is 26.7 Å². The highest BCUT2D eigenvalue weighted by Gasteiger charge is 2.20. The van der Waals surface area contributed by atoms with E-state index < -0.39 is 17.5 Å². The summed E-state index contributed by atoms with van der Waals surface area (Å²) in [7, 11) is 0. The summed E-state index contributed by atoms with van der Waals surface area (Å²) in [6.45, 7) is 5.62. The highest BCUT2D eigenvalue weighted by atomic mass is 16.6. The maximum absolute atomic E-state index is 12.2. The summed E-state index contributed by atoms with van der Waals surface area (Å²) in [6, 6.07) is 10.9. The number of hydrogen-bond donors (Lipinski definition) is 0. The SMILES string of the molecule is CCOc1ccc(C(=O)OCC(=O)c2ccc(C(C)C)cc2)cc1[N+](=O)[O-]. The number of carbonyl (C=O) groups excluding carboxylic acids is 2. The van der Waals surface area contributed by atoms with Crippen molar-refractivity contribution in [3.63, 3.8) is 0 Å². The van der Waals surface area contributed by atoms with Crippen LogP contribution in [0.1, 0.15) is 53.0 Å². The van der Waals surface area contributed by atoms with Crippen LogP contribution in [0.5, 0.6) is 5.75 Å². The summed E-state index contributed by atoms with van der Waals surface area (Å²) in [5.74, 6) is -0.741. The van der Waals surface area contributed by atoms with E-state index in [1.807, 2.05) is 12.1 Å². The van der Waals surface area contributed by atoms with E-state index in [9.17, 15) is 19.7 Å². The number of hydrogen-bond acceptors (Lipinski definition) is 6. The Morgan fingerprint density at radius 3 is 2.26 bits per heavy atom. The van der Waals surface area contributed by atoms with Gasteiger partial charge in [0.25, 0.3) is 0 Å². The quantitative estimate of drug-likeness (QED) is 0.299. The summed E-state index contributed by atoms with van der Waals surface area (Å²) in [5.41, 5.74) is 1.19. The van der Waals surface area contributed by atoms with Gasteiger partial charge in [0.05, 0.1) is 17.1 Å². The molecule has 27 heavy (non-hydrogen) atoms. The lowest BCUT2D eigenvalue weighted by Crippen LogP contribution is -2.14. The van der Waals surface area contributed by atoms with Gasteiger partial charge >= 0.3 is 11.7 Å². The molecule has 0 aromatic heterocycles. The van der Waals surface area contributed by atoms with Crippen molar-refractivity contribution in [3.8, 4) is 5.75 Å². The normalized spacial score (nSPS) is 10.5. The van der Waals surface area contributed by atoms with E-state index in [0.717, 1.165) is 11.6 Å². The van der Waals surface area contributed by atoms with Gasteiger partial charge < -0.3 is 9.47 Å². The number of ketones is 1. The molecule has 0 aliphatic rings. The van der Waals surface area contributed by atoms with E-state index in [1.54, 1.807) is 19.1 Å². The topological polar surface area (TPSA) is 95.7 Å². The Bertz CT molecular complexity index is 842. The fraction of sp³-hybridized carbons (Fsp3) is 0.300. The molecule has 0 aliphatic carbocycles. The summed E-state index contributed by atoms with van der Waals surface area (Å²) in [4.78, 5) is 34.8. The monoisotopic (exact) mass is 371 g/mol. The maximum Gasteiger partial charge on any atom is 0.338 e. The molecule has 142 valence electrons. The standard InChI is InChI=1S/C20H21NO6/c1-4-26-19-10-9-16(11-17(19)21(24)25)20(23)27-12-18(22)15-7-5-14(6-8-15)13(2)3/h5-11,13H,4,12H2,1-3H3. The predicted octanol–water partition coefficient (Wildman–Crippen LogP) is 4.16. The van der Waals surface area contributed by atoms with Gasteiger partial charge in [-0.05, 0) is 30.5 Å². The van der Waals surface area contributed by atoms with Crippen LogP contribution in [0.25, 0.3) is 0 Å². The van der Waals surface area contributed by atoms with Crippen LogP contribution in [-0.2, 0) is 4.74 Å². The van der Waals surface area contributed by atoms with Gasteiger partial charge in [0.1, 0.15) is 0 Å². The van der Waals surface area contributed by atoms with Crippen LogP contribution in [0, 0.1) is 10.1 Å². The molecule has 0 aliphatic heterocycles. The first-order chi connectivity index (χ1) is 12.8. The van der Waals surface area contributed by atoms with Crippen molar-refractivity contribution in [1.82, 2.24) is 0 Å². The first-order valence-electron chi connectivity index (χ1n) is 8.55. The zero-order valence-corrected chi connectivity index (χ0v) is 15.4.